The number of likely N-dealkylation sites (N-methyl/N-ethyl adjacent to an activating group) is 1. The highest BCUT2D eigenvalue weighted by Crippen LogP contribution is 2.22. The van der Waals surface area contributed by atoms with Gasteiger partial charge in [0, 0.05) is 44.6 Å². The summed E-state index contributed by atoms with van der Waals surface area (Å²) in [7, 11) is 0. The SMILES string of the molecule is CCN1CCN(C(=O)Cn2cc(C(C)C)nn2)[C@@H](Cc2ccc(-c3ccncc3)cc2)C1=O. The van der Waals surface area contributed by atoms with Crippen molar-refractivity contribution in [2.24, 2.45) is 0 Å². The lowest BCUT2D eigenvalue weighted by Crippen LogP contribution is -2.59. The fourth-order valence-electron chi connectivity index (χ4n) is 4.13. The molecule has 4 rings (SSSR count). The summed E-state index contributed by atoms with van der Waals surface area (Å²) in [4.78, 5) is 34.0. The van der Waals surface area contributed by atoms with E-state index < -0.39 is 6.04 Å². The van der Waals surface area contributed by atoms with Crippen molar-refractivity contribution < 1.29 is 9.59 Å². The monoisotopic (exact) mass is 446 g/mol. The molecule has 1 aliphatic rings. The van der Waals surface area contributed by atoms with Gasteiger partial charge in [0.15, 0.2) is 0 Å². The molecule has 1 fully saturated rings. The number of hydrogen-bond acceptors (Lipinski definition) is 5. The van der Waals surface area contributed by atoms with Crippen LogP contribution in [0.3, 0.4) is 0 Å². The maximum atomic E-state index is 13.2. The first-order valence-electron chi connectivity index (χ1n) is 11.4. The zero-order chi connectivity index (χ0) is 23.4. The van der Waals surface area contributed by atoms with Gasteiger partial charge in [-0.15, -0.1) is 5.10 Å². The number of piperazine rings is 1. The van der Waals surface area contributed by atoms with Crippen molar-refractivity contribution in [3.8, 4) is 11.1 Å². The molecular formula is C25H30N6O2. The van der Waals surface area contributed by atoms with E-state index in [1.54, 1.807) is 28.2 Å². The first-order valence-corrected chi connectivity index (χ1v) is 11.4. The highest BCUT2D eigenvalue weighted by atomic mass is 16.2. The molecule has 2 aromatic heterocycles. The first-order chi connectivity index (χ1) is 16.0. The van der Waals surface area contributed by atoms with Crippen molar-refractivity contribution in [1.29, 1.82) is 0 Å². The van der Waals surface area contributed by atoms with Crippen LogP contribution in [0, 0.1) is 0 Å². The average molecular weight is 447 g/mol. The number of pyridine rings is 1. The molecule has 0 radical (unpaired) electrons. The molecule has 1 aromatic carbocycles. The third-order valence-corrected chi connectivity index (χ3v) is 6.13. The van der Waals surface area contributed by atoms with Crippen molar-refractivity contribution in [1.82, 2.24) is 29.8 Å². The van der Waals surface area contributed by atoms with Crippen LogP contribution in [0.5, 0.6) is 0 Å². The molecule has 8 nitrogen and oxygen atoms in total. The van der Waals surface area contributed by atoms with E-state index in [4.69, 9.17) is 0 Å². The van der Waals surface area contributed by atoms with Crippen LogP contribution < -0.4 is 0 Å². The number of amides is 2. The van der Waals surface area contributed by atoms with Gasteiger partial charge in [0.2, 0.25) is 11.8 Å². The lowest BCUT2D eigenvalue weighted by Gasteiger charge is -2.40. The second kappa shape index (κ2) is 9.94. The molecule has 0 N–H and O–H groups in total. The van der Waals surface area contributed by atoms with Crippen LogP contribution in [-0.2, 0) is 22.6 Å². The molecule has 172 valence electrons. The van der Waals surface area contributed by atoms with Gasteiger partial charge in [-0.25, -0.2) is 4.68 Å². The van der Waals surface area contributed by atoms with Gasteiger partial charge in [-0.05, 0) is 41.7 Å². The summed E-state index contributed by atoms with van der Waals surface area (Å²) in [5.74, 6) is 0.126. The summed E-state index contributed by atoms with van der Waals surface area (Å²) in [5.41, 5.74) is 4.05. The highest BCUT2D eigenvalue weighted by molar-refractivity contribution is 5.89. The molecule has 0 bridgehead atoms. The molecule has 1 saturated heterocycles. The number of hydrogen-bond donors (Lipinski definition) is 0. The molecule has 1 aliphatic heterocycles. The summed E-state index contributed by atoms with van der Waals surface area (Å²) in [6.45, 7) is 7.83. The largest absolute Gasteiger partial charge is 0.339 e. The molecule has 0 spiro atoms. The Morgan fingerprint density at radius 2 is 1.76 bits per heavy atom. The van der Waals surface area contributed by atoms with Crippen LogP contribution >= 0.6 is 0 Å². The summed E-state index contributed by atoms with van der Waals surface area (Å²) < 4.78 is 1.56. The Balaban J connectivity index is 1.51. The van der Waals surface area contributed by atoms with Crippen molar-refractivity contribution in [2.45, 2.75) is 45.7 Å². The standard InChI is InChI=1S/C25H30N6O2/c1-4-29-13-14-31(24(32)17-30-16-22(18(2)3)27-28-30)23(25(29)33)15-19-5-7-20(8-6-19)21-9-11-26-12-10-21/h5-12,16,18,23H,4,13-15,17H2,1-3H3/t23-/m0/s1. The van der Waals surface area contributed by atoms with Gasteiger partial charge in [-0.1, -0.05) is 43.3 Å². The Morgan fingerprint density at radius 3 is 2.39 bits per heavy atom. The number of benzene rings is 1. The topological polar surface area (TPSA) is 84.2 Å². The van der Waals surface area contributed by atoms with Crippen molar-refractivity contribution >= 4 is 11.8 Å². The predicted molar refractivity (Wildman–Crippen MR) is 125 cm³/mol. The Hall–Kier alpha value is -3.55. The fourth-order valence-corrected chi connectivity index (χ4v) is 4.13. The molecule has 3 aromatic rings. The molecule has 0 saturated carbocycles. The summed E-state index contributed by atoms with van der Waals surface area (Å²) >= 11 is 0. The Labute approximate surface area is 194 Å². The van der Waals surface area contributed by atoms with Crippen molar-refractivity contribution in [2.75, 3.05) is 19.6 Å². The Kier molecular flexibility index (Phi) is 6.82. The van der Waals surface area contributed by atoms with Crippen LogP contribution in [-0.4, -0.2) is 67.3 Å². The summed E-state index contributed by atoms with van der Waals surface area (Å²) in [5, 5.41) is 8.23. The predicted octanol–water partition coefficient (Wildman–Crippen LogP) is 2.77. The number of nitrogens with zero attached hydrogens (tertiary/aromatic N) is 6. The molecule has 2 amide bonds. The van der Waals surface area contributed by atoms with E-state index in [9.17, 15) is 9.59 Å². The summed E-state index contributed by atoms with van der Waals surface area (Å²) in [6.07, 6.45) is 5.82. The molecule has 0 aliphatic carbocycles. The zero-order valence-electron chi connectivity index (χ0n) is 19.4. The van der Waals surface area contributed by atoms with E-state index >= 15 is 0 Å². The second-order valence-electron chi connectivity index (χ2n) is 8.65. The lowest BCUT2D eigenvalue weighted by atomic mass is 9.98. The normalized spacial score (nSPS) is 16.5. The Morgan fingerprint density at radius 1 is 1.06 bits per heavy atom. The minimum absolute atomic E-state index is 0.00299. The van der Waals surface area contributed by atoms with Crippen LogP contribution in [0.1, 0.15) is 37.9 Å². The van der Waals surface area contributed by atoms with Gasteiger partial charge in [-0.2, -0.15) is 0 Å². The molecule has 0 unspecified atom stereocenters. The minimum atomic E-state index is -0.522. The first kappa shape index (κ1) is 22.6. The Bertz CT molecular complexity index is 1090. The van der Waals surface area contributed by atoms with Crippen molar-refractivity contribution in [3.05, 3.63) is 66.2 Å². The van der Waals surface area contributed by atoms with E-state index in [0.717, 1.165) is 22.4 Å². The highest BCUT2D eigenvalue weighted by Gasteiger charge is 2.36. The van der Waals surface area contributed by atoms with E-state index in [2.05, 4.69) is 15.3 Å². The van der Waals surface area contributed by atoms with Gasteiger partial charge in [-0.3, -0.25) is 14.6 Å². The fraction of sp³-hybridized carbons (Fsp3) is 0.400. The molecular weight excluding hydrogens is 416 g/mol. The van der Waals surface area contributed by atoms with E-state index in [1.165, 1.54) is 0 Å². The third-order valence-electron chi connectivity index (χ3n) is 6.13. The van der Waals surface area contributed by atoms with Crippen LogP contribution in [0.2, 0.25) is 0 Å². The zero-order valence-corrected chi connectivity index (χ0v) is 19.4. The molecule has 1 atom stereocenters. The van der Waals surface area contributed by atoms with E-state index in [-0.39, 0.29) is 24.3 Å². The molecule has 33 heavy (non-hydrogen) atoms. The number of carbonyl (C=O) groups is 2. The maximum Gasteiger partial charge on any atom is 0.245 e. The van der Waals surface area contributed by atoms with Gasteiger partial charge in [0.1, 0.15) is 12.6 Å². The second-order valence-corrected chi connectivity index (χ2v) is 8.65. The smallest absolute Gasteiger partial charge is 0.245 e. The van der Waals surface area contributed by atoms with Gasteiger partial charge in [0.05, 0.1) is 5.69 Å². The number of carbonyl (C=O) groups excluding carboxylic acids is 2. The number of rotatable bonds is 7. The van der Waals surface area contributed by atoms with Gasteiger partial charge in [0.25, 0.3) is 0 Å². The average Bonchev–Trinajstić information content (AvgIpc) is 3.30. The lowest BCUT2D eigenvalue weighted by molar-refractivity contribution is -0.151. The van der Waals surface area contributed by atoms with Crippen LogP contribution in [0.4, 0.5) is 0 Å². The van der Waals surface area contributed by atoms with E-state index in [0.29, 0.717) is 26.1 Å². The molecule has 3 heterocycles. The minimum Gasteiger partial charge on any atom is -0.339 e. The molecule has 8 heteroatoms. The van der Waals surface area contributed by atoms with Crippen LogP contribution in [0.15, 0.2) is 55.0 Å². The quantitative estimate of drug-likeness (QED) is 0.557. The summed E-state index contributed by atoms with van der Waals surface area (Å²) in [6, 6.07) is 11.6. The maximum absolute atomic E-state index is 13.2. The van der Waals surface area contributed by atoms with Gasteiger partial charge >= 0.3 is 0 Å². The van der Waals surface area contributed by atoms with E-state index in [1.807, 2.05) is 62.1 Å². The van der Waals surface area contributed by atoms with Crippen molar-refractivity contribution in [3.63, 3.8) is 0 Å². The number of aromatic nitrogens is 4. The van der Waals surface area contributed by atoms with Crippen LogP contribution in [0.25, 0.3) is 11.1 Å². The third kappa shape index (κ3) is 5.10. The van der Waals surface area contributed by atoms with Gasteiger partial charge < -0.3 is 9.80 Å².